The molecule has 0 bridgehead atoms. The smallest absolute Gasteiger partial charge is 0.239 e. The monoisotopic (exact) mass is 437 g/mol. The van der Waals surface area contributed by atoms with Crippen molar-refractivity contribution in [1.29, 1.82) is 0 Å². The molecule has 0 aliphatic rings. The van der Waals surface area contributed by atoms with Gasteiger partial charge in [0.25, 0.3) is 0 Å². The fourth-order valence-corrected chi connectivity index (χ4v) is 5.38. The van der Waals surface area contributed by atoms with Gasteiger partial charge in [-0.25, -0.2) is 9.71 Å². The first-order valence-electron chi connectivity index (χ1n) is 8.77. The number of nitrogens with one attached hydrogen (secondary N) is 3. The summed E-state index contributed by atoms with van der Waals surface area (Å²) in [5, 5.41) is 14.5. The number of pyridine rings is 1. The molecule has 1 aromatic carbocycles. The van der Waals surface area contributed by atoms with Crippen LogP contribution in [0.25, 0.3) is 0 Å². The first kappa shape index (κ1) is 22.9. The van der Waals surface area contributed by atoms with E-state index in [2.05, 4.69) is 35.8 Å². The average molecular weight is 438 g/mol. The van der Waals surface area contributed by atoms with E-state index in [1.807, 2.05) is 35.8 Å². The number of hydrogen-bond acceptors (Lipinski definition) is 8. The third kappa shape index (κ3) is 8.32. The van der Waals surface area contributed by atoms with Crippen molar-refractivity contribution >= 4 is 45.1 Å². The number of amides is 1. The van der Waals surface area contributed by atoms with Crippen molar-refractivity contribution in [2.24, 2.45) is 0 Å². The predicted molar refractivity (Wildman–Crippen MR) is 122 cm³/mol. The molecule has 0 aliphatic heterocycles. The number of hydrogen-bond donors (Lipinski definition) is 3. The van der Waals surface area contributed by atoms with Crippen LogP contribution in [0.4, 0.5) is 5.69 Å². The molecule has 6 nitrogen and oxygen atoms in total. The SMILES string of the molecule is CC(C)(C)SSC[C@H](NSc1ncccc1N[O-])C(=O)NCc1ccccc1. The number of benzene rings is 1. The summed E-state index contributed by atoms with van der Waals surface area (Å²) >= 11 is 1.18. The number of nitrogens with zero attached hydrogens (tertiary/aromatic N) is 1. The van der Waals surface area contributed by atoms with Crippen LogP contribution in [0, 0.1) is 5.21 Å². The molecule has 1 aromatic heterocycles. The van der Waals surface area contributed by atoms with E-state index in [0.717, 1.165) is 5.56 Å². The molecule has 1 amide bonds. The number of rotatable bonds is 10. The Balaban J connectivity index is 1.97. The number of anilines is 1. The van der Waals surface area contributed by atoms with Gasteiger partial charge in [-0.15, -0.1) is 0 Å². The third-order valence-corrected chi connectivity index (χ3v) is 7.62. The van der Waals surface area contributed by atoms with Crippen molar-refractivity contribution in [3.05, 3.63) is 59.4 Å². The first-order chi connectivity index (χ1) is 13.4. The summed E-state index contributed by atoms with van der Waals surface area (Å²) < 4.78 is 3.26. The standard InChI is InChI=1S/C19H25N4O2S3/c1-19(2,3)28-26-13-16(17(24)21-12-14-8-5-4-6-9-14)23-27-18-15(22-25)10-7-11-20-18/h4-11,16,22-23H,12-13H2,1-3H3,(H,21,24)/q-1/t16-/m0/s1. The molecule has 3 N–H and O–H groups in total. The quantitative estimate of drug-likeness (QED) is 0.285. The second-order valence-corrected chi connectivity index (χ2v) is 10.9. The minimum Gasteiger partial charge on any atom is -0.761 e. The molecule has 0 spiro atoms. The van der Waals surface area contributed by atoms with Gasteiger partial charge in [-0.3, -0.25) is 4.79 Å². The van der Waals surface area contributed by atoms with Crippen LogP contribution in [0.5, 0.6) is 0 Å². The van der Waals surface area contributed by atoms with Crippen LogP contribution >= 0.6 is 33.5 Å². The van der Waals surface area contributed by atoms with Crippen LogP contribution in [0.15, 0.2) is 53.7 Å². The number of carbonyl (C=O) groups excluding carboxylic acids is 1. The number of aromatic nitrogens is 1. The van der Waals surface area contributed by atoms with Crippen LogP contribution in [-0.4, -0.2) is 27.4 Å². The molecule has 0 aliphatic carbocycles. The van der Waals surface area contributed by atoms with Gasteiger partial charge in [0.2, 0.25) is 5.91 Å². The Hall–Kier alpha value is -1.39. The lowest BCUT2D eigenvalue weighted by molar-refractivity contribution is -0.122. The molecule has 2 aromatic rings. The maximum atomic E-state index is 12.7. The van der Waals surface area contributed by atoms with E-state index < -0.39 is 6.04 Å². The molecule has 28 heavy (non-hydrogen) atoms. The molecule has 9 heteroatoms. The van der Waals surface area contributed by atoms with Crippen LogP contribution in [0.2, 0.25) is 0 Å². The van der Waals surface area contributed by atoms with E-state index in [4.69, 9.17) is 0 Å². The first-order valence-corrected chi connectivity index (χ1v) is 11.9. The van der Waals surface area contributed by atoms with Gasteiger partial charge < -0.3 is 16.0 Å². The second-order valence-electron chi connectivity index (χ2n) is 6.91. The lowest BCUT2D eigenvalue weighted by atomic mass is 10.2. The molecular formula is C19H25N4O2S3-. The van der Waals surface area contributed by atoms with Crippen molar-refractivity contribution in [2.45, 2.75) is 43.1 Å². The summed E-state index contributed by atoms with van der Waals surface area (Å²) in [4.78, 5) is 16.9. The summed E-state index contributed by atoms with van der Waals surface area (Å²) in [7, 11) is 3.38. The van der Waals surface area contributed by atoms with Gasteiger partial charge in [0, 0.05) is 23.2 Å². The molecule has 1 heterocycles. The Morgan fingerprint density at radius 2 is 1.93 bits per heavy atom. The highest BCUT2D eigenvalue weighted by Gasteiger charge is 2.21. The van der Waals surface area contributed by atoms with Crippen molar-refractivity contribution < 1.29 is 4.79 Å². The molecule has 0 unspecified atom stereocenters. The van der Waals surface area contributed by atoms with Gasteiger partial charge in [-0.05, 0) is 29.6 Å². The topological polar surface area (TPSA) is 89.1 Å². The van der Waals surface area contributed by atoms with E-state index in [1.54, 1.807) is 39.9 Å². The third-order valence-electron chi connectivity index (χ3n) is 3.35. The Labute approximate surface area is 178 Å². The molecular weight excluding hydrogens is 412 g/mol. The van der Waals surface area contributed by atoms with Crippen LogP contribution in [0.1, 0.15) is 26.3 Å². The van der Waals surface area contributed by atoms with Gasteiger partial charge in [0.15, 0.2) is 0 Å². The molecule has 1 atom stereocenters. The predicted octanol–water partition coefficient (Wildman–Crippen LogP) is 4.45. The zero-order chi connectivity index (χ0) is 20.4. The summed E-state index contributed by atoms with van der Waals surface area (Å²) in [5.41, 5.74) is 3.29. The van der Waals surface area contributed by atoms with Crippen LogP contribution in [0.3, 0.4) is 0 Å². The van der Waals surface area contributed by atoms with Gasteiger partial charge in [0.1, 0.15) is 11.1 Å². The Morgan fingerprint density at radius 1 is 1.18 bits per heavy atom. The van der Waals surface area contributed by atoms with E-state index in [9.17, 15) is 10.0 Å². The Morgan fingerprint density at radius 3 is 2.61 bits per heavy atom. The highest BCUT2D eigenvalue weighted by atomic mass is 33.1. The normalized spacial score (nSPS) is 12.4. The van der Waals surface area contributed by atoms with Crippen LogP contribution < -0.4 is 15.5 Å². The van der Waals surface area contributed by atoms with Gasteiger partial charge in [0.05, 0.1) is 5.69 Å². The van der Waals surface area contributed by atoms with Gasteiger partial charge >= 0.3 is 0 Å². The molecule has 152 valence electrons. The summed E-state index contributed by atoms with van der Waals surface area (Å²) in [6.07, 6.45) is 1.61. The highest BCUT2D eigenvalue weighted by Crippen LogP contribution is 2.35. The zero-order valence-corrected chi connectivity index (χ0v) is 18.5. The summed E-state index contributed by atoms with van der Waals surface area (Å²) in [6, 6.07) is 12.7. The Kier molecular flexibility index (Phi) is 9.46. The number of carbonyl (C=O) groups is 1. The van der Waals surface area contributed by atoms with Crippen molar-refractivity contribution in [2.75, 3.05) is 11.2 Å². The molecule has 0 saturated heterocycles. The minimum atomic E-state index is -0.435. The van der Waals surface area contributed by atoms with Gasteiger partial charge in [-0.1, -0.05) is 72.7 Å². The maximum Gasteiger partial charge on any atom is 0.239 e. The van der Waals surface area contributed by atoms with Crippen molar-refractivity contribution in [3.8, 4) is 0 Å². The van der Waals surface area contributed by atoms with Crippen LogP contribution in [-0.2, 0) is 11.3 Å². The average Bonchev–Trinajstić information content (AvgIpc) is 2.69. The lowest BCUT2D eigenvalue weighted by Gasteiger charge is -2.21. The summed E-state index contributed by atoms with van der Waals surface area (Å²) in [5.74, 6) is 0.494. The minimum absolute atomic E-state index is 0.0917. The van der Waals surface area contributed by atoms with E-state index in [0.29, 0.717) is 23.0 Å². The van der Waals surface area contributed by atoms with Crippen molar-refractivity contribution in [1.82, 2.24) is 15.0 Å². The molecule has 0 radical (unpaired) electrons. The van der Waals surface area contributed by atoms with E-state index in [1.165, 1.54) is 11.9 Å². The lowest BCUT2D eigenvalue weighted by Crippen LogP contribution is -2.43. The highest BCUT2D eigenvalue weighted by molar-refractivity contribution is 8.77. The van der Waals surface area contributed by atoms with Crippen molar-refractivity contribution in [3.63, 3.8) is 0 Å². The Bertz CT molecular complexity index is 741. The fourth-order valence-electron chi connectivity index (χ4n) is 2.03. The largest absolute Gasteiger partial charge is 0.761 e. The second kappa shape index (κ2) is 11.6. The fraction of sp³-hybridized carbons (Fsp3) is 0.368. The van der Waals surface area contributed by atoms with E-state index in [-0.39, 0.29) is 10.7 Å². The maximum absolute atomic E-state index is 12.7. The summed E-state index contributed by atoms with van der Waals surface area (Å²) in [6.45, 7) is 6.88. The molecule has 0 fully saturated rings. The van der Waals surface area contributed by atoms with Gasteiger partial charge in [-0.2, -0.15) is 0 Å². The molecule has 0 saturated carbocycles. The van der Waals surface area contributed by atoms with E-state index >= 15 is 0 Å². The molecule has 2 rings (SSSR count). The zero-order valence-electron chi connectivity index (χ0n) is 16.1.